The van der Waals surface area contributed by atoms with Crippen molar-refractivity contribution in [3.63, 3.8) is 0 Å². The standard InChI is InChI=1S/C10H10BrN3O/c11-8-4-2-1-3-7(8)10-9(5-6-12)13-15-14-10/h1-4H,5-6,12H2. The van der Waals surface area contributed by atoms with Crippen LogP contribution in [0.2, 0.25) is 0 Å². The van der Waals surface area contributed by atoms with Gasteiger partial charge in [0, 0.05) is 16.5 Å². The van der Waals surface area contributed by atoms with E-state index < -0.39 is 0 Å². The van der Waals surface area contributed by atoms with Crippen molar-refractivity contribution in [3.05, 3.63) is 34.4 Å². The van der Waals surface area contributed by atoms with Gasteiger partial charge < -0.3 is 5.73 Å². The molecule has 15 heavy (non-hydrogen) atoms. The van der Waals surface area contributed by atoms with E-state index in [1.165, 1.54) is 0 Å². The summed E-state index contributed by atoms with van der Waals surface area (Å²) in [5.74, 6) is 0. The van der Waals surface area contributed by atoms with Crippen molar-refractivity contribution in [1.82, 2.24) is 10.3 Å². The molecule has 78 valence electrons. The van der Waals surface area contributed by atoms with E-state index in [-0.39, 0.29) is 0 Å². The molecular formula is C10H10BrN3O. The van der Waals surface area contributed by atoms with Crippen molar-refractivity contribution in [2.45, 2.75) is 6.42 Å². The quantitative estimate of drug-likeness (QED) is 0.924. The van der Waals surface area contributed by atoms with E-state index >= 15 is 0 Å². The van der Waals surface area contributed by atoms with E-state index in [2.05, 4.69) is 26.2 Å². The van der Waals surface area contributed by atoms with E-state index in [9.17, 15) is 0 Å². The molecule has 1 aromatic heterocycles. The van der Waals surface area contributed by atoms with E-state index in [4.69, 9.17) is 10.4 Å². The van der Waals surface area contributed by atoms with Gasteiger partial charge in [-0.15, -0.1) is 0 Å². The summed E-state index contributed by atoms with van der Waals surface area (Å²) in [6.45, 7) is 0.533. The van der Waals surface area contributed by atoms with Crippen LogP contribution in [0.25, 0.3) is 11.3 Å². The molecule has 0 fully saturated rings. The van der Waals surface area contributed by atoms with Crippen molar-refractivity contribution in [3.8, 4) is 11.3 Å². The Labute approximate surface area is 95.6 Å². The molecule has 0 spiro atoms. The molecule has 1 heterocycles. The molecule has 4 nitrogen and oxygen atoms in total. The molecule has 0 aliphatic heterocycles. The molecule has 0 amide bonds. The van der Waals surface area contributed by atoms with Gasteiger partial charge in [0.15, 0.2) is 0 Å². The first-order valence-corrected chi connectivity index (χ1v) is 5.38. The number of nitrogens with zero attached hydrogens (tertiary/aromatic N) is 2. The summed E-state index contributed by atoms with van der Waals surface area (Å²) in [5, 5.41) is 7.73. The average molecular weight is 268 g/mol. The Hall–Kier alpha value is -1.20. The molecule has 2 aromatic rings. The zero-order valence-electron chi connectivity index (χ0n) is 7.98. The summed E-state index contributed by atoms with van der Waals surface area (Å²) in [4.78, 5) is 0. The van der Waals surface area contributed by atoms with Crippen molar-refractivity contribution < 1.29 is 4.63 Å². The van der Waals surface area contributed by atoms with Crippen LogP contribution < -0.4 is 5.73 Å². The molecule has 0 aliphatic carbocycles. The summed E-state index contributed by atoms with van der Waals surface area (Å²) in [6, 6.07) is 7.81. The van der Waals surface area contributed by atoms with Gasteiger partial charge >= 0.3 is 0 Å². The fourth-order valence-corrected chi connectivity index (χ4v) is 1.84. The fraction of sp³-hybridized carbons (Fsp3) is 0.200. The van der Waals surface area contributed by atoms with Gasteiger partial charge in [-0.1, -0.05) is 39.3 Å². The lowest BCUT2D eigenvalue weighted by Gasteiger charge is -2.00. The molecule has 2 N–H and O–H groups in total. The molecule has 1 aromatic carbocycles. The lowest BCUT2D eigenvalue weighted by atomic mass is 10.1. The maximum absolute atomic E-state index is 5.48. The number of halogens is 1. The van der Waals surface area contributed by atoms with Gasteiger partial charge in [0.2, 0.25) is 0 Å². The highest BCUT2D eigenvalue weighted by Crippen LogP contribution is 2.28. The smallest absolute Gasteiger partial charge is 0.139 e. The largest absolute Gasteiger partial charge is 0.330 e. The molecule has 0 saturated heterocycles. The molecule has 0 bridgehead atoms. The van der Waals surface area contributed by atoms with Crippen molar-refractivity contribution in [2.75, 3.05) is 6.54 Å². The fourth-order valence-electron chi connectivity index (χ4n) is 1.37. The summed E-state index contributed by atoms with van der Waals surface area (Å²) in [5.41, 5.74) is 8.01. The zero-order valence-corrected chi connectivity index (χ0v) is 9.57. The first-order chi connectivity index (χ1) is 7.33. The maximum atomic E-state index is 5.48. The first-order valence-electron chi connectivity index (χ1n) is 4.59. The van der Waals surface area contributed by atoms with Gasteiger partial charge in [0.05, 0.1) is 0 Å². The second-order valence-corrected chi connectivity index (χ2v) is 3.93. The summed E-state index contributed by atoms with van der Waals surface area (Å²) < 4.78 is 5.70. The summed E-state index contributed by atoms with van der Waals surface area (Å²) >= 11 is 3.46. The van der Waals surface area contributed by atoms with Gasteiger partial charge in [-0.05, 0) is 17.8 Å². The second kappa shape index (κ2) is 4.55. The Morgan fingerprint density at radius 1 is 1.27 bits per heavy atom. The highest BCUT2D eigenvalue weighted by molar-refractivity contribution is 9.10. The maximum Gasteiger partial charge on any atom is 0.139 e. The topological polar surface area (TPSA) is 64.9 Å². The predicted octanol–water partition coefficient (Wildman–Crippen LogP) is 2.00. The number of hydrogen-bond acceptors (Lipinski definition) is 4. The van der Waals surface area contributed by atoms with Crippen LogP contribution in [0.5, 0.6) is 0 Å². The minimum Gasteiger partial charge on any atom is -0.330 e. The summed E-state index contributed by atoms with van der Waals surface area (Å²) in [6.07, 6.45) is 0.667. The number of benzene rings is 1. The predicted molar refractivity (Wildman–Crippen MR) is 60.2 cm³/mol. The van der Waals surface area contributed by atoms with E-state index in [0.717, 1.165) is 21.4 Å². The third kappa shape index (κ3) is 2.08. The third-order valence-corrected chi connectivity index (χ3v) is 2.76. The van der Waals surface area contributed by atoms with Gasteiger partial charge in [0.25, 0.3) is 0 Å². The Morgan fingerprint density at radius 2 is 2.07 bits per heavy atom. The molecular weight excluding hydrogens is 258 g/mol. The van der Waals surface area contributed by atoms with E-state index in [0.29, 0.717) is 13.0 Å². The van der Waals surface area contributed by atoms with E-state index in [1.54, 1.807) is 0 Å². The minimum atomic E-state index is 0.533. The van der Waals surface area contributed by atoms with E-state index in [1.807, 2.05) is 24.3 Å². The molecule has 0 unspecified atom stereocenters. The average Bonchev–Trinajstić information content (AvgIpc) is 2.67. The van der Waals surface area contributed by atoms with Gasteiger partial charge in [-0.25, -0.2) is 4.63 Å². The van der Waals surface area contributed by atoms with Crippen molar-refractivity contribution in [2.24, 2.45) is 5.73 Å². The molecule has 0 aliphatic rings. The van der Waals surface area contributed by atoms with Crippen LogP contribution in [0.1, 0.15) is 5.69 Å². The van der Waals surface area contributed by atoms with Gasteiger partial charge in [-0.2, -0.15) is 0 Å². The highest BCUT2D eigenvalue weighted by Gasteiger charge is 2.13. The van der Waals surface area contributed by atoms with Crippen LogP contribution in [-0.2, 0) is 6.42 Å². The zero-order chi connectivity index (χ0) is 10.7. The number of nitrogens with two attached hydrogens (primary N) is 1. The SMILES string of the molecule is NCCc1nonc1-c1ccccc1Br. The van der Waals surface area contributed by atoms with Crippen LogP contribution >= 0.6 is 15.9 Å². The molecule has 0 atom stereocenters. The van der Waals surface area contributed by atoms with Crippen LogP contribution in [0.3, 0.4) is 0 Å². The van der Waals surface area contributed by atoms with Crippen molar-refractivity contribution >= 4 is 15.9 Å². The molecule has 0 saturated carbocycles. The lowest BCUT2D eigenvalue weighted by Crippen LogP contribution is -2.04. The van der Waals surface area contributed by atoms with Crippen LogP contribution in [0, 0.1) is 0 Å². The third-order valence-electron chi connectivity index (χ3n) is 2.07. The first kappa shape index (κ1) is 10.3. The molecule has 2 rings (SSSR count). The normalized spacial score (nSPS) is 10.5. The molecule has 5 heteroatoms. The second-order valence-electron chi connectivity index (χ2n) is 3.08. The van der Waals surface area contributed by atoms with Gasteiger partial charge in [-0.3, -0.25) is 0 Å². The Balaban J connectivity index is 2.45. The molecule has 0 radical (unpaired) electrons. The van der Waals surface area contributed by atoms with Crippen LogP contribution in [-0.4, -0.2) is 16.9 Å². The van der Waals surface area contributed by atoms with Crippen molar-refractivity contribution in [1.29, 1.82) is 0 Å². The monoisotopic (exact) mass is 267 g/mol. The highest BCUT2D eigenvalue weighted by atomic mass is 79.9. The number of rotatable bonds is 3. The van der Waals surface area contributed by atoms with Gasteiger partial charge in [0.1, 0.15) is 11.4 Å². The van der Waals surface area contributed by atoms with Crippen LogP contribution in [0.15, 0.2) is 33.4 Å². The van der Waals surface area contributed by atoms with Crippen LogP contribution in [0.4, 0.5) is 0 Å². The Kier molecular flexibility index (Phi) is 3.13. The lowest BCUT2D eigenvalue weighted by molar-refractivity contribution is 0.304. The Morgan fingerprint density at radius 3 is 2.80 bits per heavy atom. The minimum absolute atomic E-state index is 0.533. The summed E-state index contributed by atoms with van der Waals surface area (Å²) in [7, 11) is 0. The number of aromatic nitrogens is 2. The number of hydrogen-bond donors (Lipinski definition) is 1. The Bertz CT molecular complexity index is 455.